The third-order valence-electron chi connectivity index (χ3n) is 3.68. The Morgan fingerprint density at radius 2 is 1.42 bits per heavy atom. The van der Waals surface area contributed by atoms with Gasteiger partial charge in [0.2, 0.25) is 5.91 Å². The molecule has 31 heavy (non-hydrogen) atoms. The van der Waals surface area contributed by atoms with E-state index < -0.39 is 53.6 Å². The minimum Gasteiger partial charge on any atom is -0.481 e. The lowest BCUT2D eigenvalue weighted by Crippen LogP contribution is -2.54. The lowest BCUT2D eigenvalue weighted by atomic mass is 10.0. The number of aliphatic carboxylic acids is 1. The Kier molecular flexibility index (Phi) is 9.02. The maximum Gasteiger partial charge on any atom is 0.408 e. The van der Waals surface area contributed by atoms with Crippen molar-refractivity contribution in [2.75, 3.05) is 0 Å². The molecule has 0 aliphatic carbocycles. The van der Waals surface area contributed by atoms with E-state index in [0.717, 1.165) is 5.56 Å². The molecule has 0 aliphatic rings. The number of rotatable bonds is 8. The van der Waals surface area contributed by atoms with E-state index >= 15 is 0 Å². The van der Waals surface area contributed by atoms with Gasteiger partial charge in [0.25, 0.3) is 0 Å². The van der Waals surface area contributed by atoms with Crippen molar-refractivity contribution in [3.8, 4) is 0 Å². The molecule has 0 aliphatic heterocycles. The quantitative estimate of drug-likeness (QED) is 0.533. The van der Waals surface area contributed by atoms with Crippen molar-refractivity contribution >= 4 is 23.9 Å². The molecular weight excluding hydrogens is 404 g/mol. The molecule has 0 saturated carbocycles. The van der Waals surface area contributed by atoms with E-state index in [0.29, 0.717) is 0 Å². The Balaban J connectivity index is 3.04. The van der Waals surface area contributed by atoms with Crippen LogP contribution in [0.4, 0.5) is 4.79 Å². The van der Waals surface area contributed by atoms with Crippen LogP contribution in [-0.4, -0.2) is 52.3 Å². The molecule has 1 rings (SSSR count). The Bertz CT molecular complexity index is 779. The van der Waals surface area contributed by atoms with Crippen LogP contribution in [0.2, 0.25) is 0 Å². The normalized spacial score (nSPS) is 13.5. The number of nitrogens with one attached hydrogen (secondary N) is 2. The number of carbonyl (C=O) groups is 4. The van der Waals surface area contributed by atoms with E-state index in [1.54, 1.807) is 65.8 Å². The van der Waals surface area contributed by atoms with Crippen molar-refractivity contribution in [1.82, 2.24) is 10.6 Å². The number of hydrogen-bond donors (Lipinski definition) is 3. The van der Waals surface area contributed by atoms with Crippen LogP contribution >= 0.6 is 0 Å². The fraction of sp³-hybridized carbons (Fsp3) is 0.545. The Labute approximate surface area is 182 Å². The second-order valence-corrected chi connectivity index (χ2v) is 9.08. The van der Waals surface area contributed by atoms with E-state index in [2.05, 4.69) is 10.6 Å². The van der Waals surface area contributed by atoms with E-state index in [1.165, 1.54) is 0 Å². The molecule has 1 aromatic carbocycles. The van der Waals surface area contributed by atoms with E-state index in [9.17, 15) is 19.2 Å². The minimum atomic E-state index is -1.41. The molecule has 0 heterocycles. The van der Waals surface area contributed by atoms with Gasteiger partial charge in [-0.1, -0.05) is 30.3 Å². The monoisotopic (exact) mass is 436 g/mol. The van der Waals surface area contributed by atoms with Crippen LogP contribution in [0.25, 0.3) is 0 Å². The second-order valence-electron chi connectivity index (χ2n) is 9.08. The maximum absolute atomic E-state index is 12.9. The summed E-state index contributed by atoms with van der Waals surface area (Å²) in [6.07, 6.45) is -1.36. The maximum atomic E-state index is 12.9. The number of benzene rings is 1. The van der Waals surface area contributed by atoms with E-state index in [4.69, 9.17) is 14.6 Å². The Morgan fingerprint density at radius 3 is 1.90 bits per heavy atom. The summed E-state index contributed by atoms with van der Waals surface area (Å²) >= 11 is 0. The molecule has 0 bridgehead atoms. The molecule has 0 spiro atoms. The van der Waals surface area contributed by atoms with Gasteiger partial charge in [0, 0.05) is 6.42 Å². The van der Waals surface area contributed by atoms with Crippen LogP contribution in [-0.2, 0) is 30.3 Å². The van der Waals surface area contributed by atoms with Crippen LogP contribution in [0.15, 0.2) is 30.3 Å². The van der Waals surface area contributed by atoms with Crippen LogP contribution < -0.4 is 10.6 Å². The summed E-state index contributed by atoms with van der Waals surface area (Å²) < 4.78 is 10.4. The van der Waals surface area contributed by atoms with Gasteiger partial charge in [-0.15, -0.1) is 0 Å². The number of alkyl carbamates (subject to hydrolysis) is 1. The minimum absolute atomic E-state index is 0.111. The molecule has 9 nitrogen and oxygen atoms in total. The molecule has 9 heteroatoms. The number of carbonyl (C=O) groups excluding carboxylic acids is 3. The summed E-state index contributed by atoms with van der Waals surface area (Å²) in [5.74, 6) is -2.89. The van der Waals surface area contributed by atoms with Crippen molar-refractivity contribution in [3.63, 3.8) is 0 Å². The molecule has 0 fully saturated rings. The highest BCUT2D eigenvalue weighted by atomic mass is 16.6. The predicted octanol–water partition coefficient (Wildman–Crippen LogP) is 2.42. The summed E-state index contributed by atoms with van der Waals surface area (Å²) in [5, 5.41) is 14.0. The van der Waals surface area contributed by atoms with Crippen molar-refractivity contribution in [2.45, 2.75) is 77.7 Å². The largest absolute Gasteiger partial charge is 0.481 e. The highest BCUT2D eigenvalue weighted by Crippen LogP contribution is 2.12. The number of carboxylic acids is 1. The third kappa shape index (κ3) is 11.0. The van der Waals surface area contributed by atoms with Gasteiger partial charge in [-0.3, -0.25) is 9.59 Å². The molecule has 0 unspecified atom stereocenters. The van der Waals surface area contributed by atoms with Crippen molar-refractivity contribution in [2.24, 2.45) is 0 Å². The predicted molar refractivity (Wildman–Crippen MR) is 113 cm³/mol. The number of amides is 2. The van der Waals surface area contributed by atoms with Gasteiger partial charge in [0.1, 0.15) is 23.3 Å². The van der Waals surface area contributed by atoms with Gasteiger partial charge in [0.05, 0.1) is 6.42 Å². The molecule has 2 atom stereocenters. The molecule has 0 saturated heterocycles. The summed E-state index contributed by atoms with van der Waals surface area (Å²) in [5.41, 5.74) is -0.887. The zero-order valence-corrected chi connectivity index (χ0v) is 18.9. The summed E-state index contributed by atoms with van der Waals surface area (Å²) in [6.45, 7) is 9.95. The highest BCUT2D eigenvalue weighted by molar-refractivity contribution is 5.91. The second kappa shape index (κ2) is 10.8. The summed E-state index contributed by atoms with van der Waals surface area (Å²) in [6, 6.07) is 6.42. The van der Waals surface area contributed by atoms with E-state index in [-0.39, 0.29) is 6.42 Å². The van der Waals surface area contributed by atoms with Crippen molar-refractivity contribution in [1.29, 1.82) is 0 Å². The standard InChI is InChI=1S/C22H32N2O7/c1-21(2,3)30-19(28)16(13-17(25)26)23-18(27)15(12-14-10-8-7-9-11-14)24-20(29)31-22(4,5)6/h7-11,15-16H,12-13H2,1-6H3,(H,23,27)(H,24,29)(H,25,26)/t15-,16+/m0/s1. The number of ether oxygens (including phenoxy) is 2. The summed E-state index contributed by atoms with van der Waals surface area (Å²) in [7, 11) is 0. The van der Waals surface area contributed by atoms with Crippen molar-refractivity contribution in [3.05, 3.63) is 35.9 Å². The van der Waals surface area contributed by atoms with Crippen molar-refractivity contribution < 1.29 is 33.8 Å². The molecule has 1 aromatic rings. The van der Waals surface area contributed by atoms with Crippen LogP contribution in [0.3, 0.4) is 0 Å². The molecular formula is C22H32N2O7. The van der Waals surface area contributed by atoms with Gasteiger partial charge in [0.15, 0.2) is 0 Å². The van der Waals surface area contributed by atoms with Crippen LogP contribution in [0.5, 0.6) is 0 Å². The van der Waals surface area contributed by atoms with Gasteiger partial charge in [-0.25, -0.2) is 9.59 Å². The fourth-order valence-electron chi connectivity index (χ4n) is 2.52. The highest BCUT2D eigenvalue weighted by Gasteiger charge is 2.32. The van der Waals surface area contributed by atoms with Crippen LogP contribution in [0, 0.1) is 0 Å². The zero-order chi connectivity index (χ0) is 23.8. The molecule has 2 amide bonds. The Morgan fingerprint density at radius 1 is 0.871 bits per heavy atom. The van der Waals surface area contributed by atoms with Gasteiger partial charge in [-0.2, -0.15) is 0 Å². The molecule has 172 valence electrons. The van der Waals surface area contributed by atoms with Crippen LogP contribution in [0.1, 0.15) is 53.5 Å². The first-order chi connectivity index (χ1) is 14.2. The Hall–Kier alpha value is -3.10. The zero-order valence-electron chi connectivity index (χ0n) is 18.9. The topological polar surface area (TPSA) is 131 Å². The molecule has 0 radical (unpaired) electrons. The van der Waals surface area contributed by atoms with Gasteiger partial charge in [-0.05, 0) is 47.1 Å². The number of hydrogen-bond acceptors (Lipinski definition) is 6. The first kappa shape index (κ1) is 25.9. The number of esters is 1. The molecule has 3 N–H and O–H groups in total. The van der Waals surface area contributed by atoms with Gasteiger partial charge >= 0.3 is 18.0 Å². The fourth-order valence-corrected chi connectivity index (χ4v) is 2.52. The molecule has 0 aromatic heterocycles. The average Bonchev–Trinajstić information content (AvgIpc) is 2.58. The third-order valence-corrected chi connectivity index (χ3v) is 3.68. The number of carboxylic acid groups (broad SMARTS) is 1. The smallest absolute Gasteiger partial charge is 0.408 e. The van der Waals surface area contributed by atoms with E-state index in [1.807, 2.05) is 6.07 Å². The van der Waals surface area contributed by atoms with Gasteiger partial charge < -0.3 is 25.2 Å². The lowest BCUT2D eigenvalue weighted by Gasteiger charge is -2.26. The SMILES string of the molecule is CC(C)(C)OC(=O)N[C@@H](Cc1ccccc1)C(=O)N[C@H](CC(=O)O)C(=O)OC(C)(C)C. The lowest BCUT2D eigenvalue weighted by molar-refractivity contribution is -0.161. The first-order valence-corrected chi connectivity index (χ1v) is 9.95. The summed E-state index contributed by atoms with van der Waals surface area (Å²) in [4.78, 5) is 48.8. The first-order valence-electron chi connectivity index (χ1n) is 9.95. The average molecular weight is 437 g/mol.